The Morgan fingerprint density at radius 3 is 2.07 bits per heavy atom. The Balaban J connectivity index is 4.33. The van der Waals surface area contributed by atoms with Gasteiger partial charge in [-0.3, -0.25) is 0 Å². The molecule has 0 aliphatic heterocycles. The third-order valence-corrected chi connectivity index (χ3v) is 3.55. The van der Waals surface area contributed by atoms with E-state index in [0.717, 1.165) is 19.3 Å². The number of hydrogen-bond donors (Lipinski definition) is 2. The summed E-state index contributed by atoms with van der Waals surface area (Å²) < 4.78 is 0. The quantitative estimate of drug-likeness (QED) is 0.635. The lowest BCUT2D eigenvalue weighted by Crippen LogP contribution is -2.35. The maximum Gasteiger partial charge on any atom is 0.0618 e. The second-order valence-corrected chi connectivity index (χ2v) is 4.20. The maximum absolute atomic E-state index is 10.0. The van der Waals surface area contributed by atoms with Gasteiger partial charge in [-0.25, -0.2) is 0 Å². The van der Waals surface area contributed by atoms with Crippen molar-refractivity contribution < 1.29 is 10.2 Å². The summed E-state index contributed by atoms with van der Waals surface area (Å²) >= 11 is 0. The van der Waals surface area contributed by atoms with Crippen LogP contribution in [0, 0.1) is 5.41 Å². The molecule has 0 fully saturated rings. The van der Waals surface area contributed by atoms with Gasteiger partial charge in [0.25, 0.3) is 0 Å². The highest BCUT2D eigenvalue weighted by atomic mass is 16.3. The van der Waals surface area contributed by atoms with Crippen LogP contribution in [0.25, 0.3) is 0 Å². The fourth-order valence-corrected chi connectivity index (χ4v) is 2.20. The van der Waals surface area contributed by atoms with Crippen molar-refractivity contribution in [2.24, 2.45) is 5.41 Å². The van der Waals surface area contributed by atoms with Gasteiger partial charge in [0.1, 0.15) is 0 Å². The van der Waals surface area contributed by atoms with E-state index in [-0.39, 0.29) is 18.1 Å². The highest BCUT2D eigenvalue weighted by molar-refractivity contribution is 4.84. The molecule has 0 heterocycles. The van der Waals surface area contributed by atoms with E-state index < -0.39 is 0 Å². The second-order valence-electron chi connectivity index (χ2n) is 4.20. The molecule has 0 amide bonds. The van der Waals surface area contributed by atoms with Crippen molar-refractivity contribution in [3.63, 3.8) is 0 Å². The average molecular weight is 202 g/mol. The fraction of sp³-hybridized carbons (Fsp3) is 1.00. The van der Waals surface area contributed by atoms with Gasteiger partial charge in [0.15, 0.2) is 0 Å². The first kappa shape index (κ1) is 13.9. The van der Waals surface area contributed by atoms with Crippen LogP contribution in [-0.4, -0.2) is 22.9 Å². The third kappa shape index (κ3) is 3.58. The molecule has 2 N–H and O–H groups in total. The molecule has 14 heavy (non-hydrogen) atoms. The molecule has 0 aromatic carbocycles. The first-order chi connectivity index (χ1) is 6.66. The lowest BCUT2D eigenvalue weighted by molar-refractivity contribution is -0.00658. The summed E-state index contributed by atoms with van der Waals surface area (Å²) in [6, 6.07) is 0. The predicted octanol–water partition coefficient (Wildman–Crippen LogP) is 2.73. The monoisotopic (exact) mass is 202 g/mol. The van der Waals surface area contributed by atoms with E-state index in [2.05, 4.69) is 20.8 Å². The van der Waals surface area contributed by atoms with Crippen molar-refractivity contribution in [3.05, 3.63) is 0 Å². The average Bonchev–Trinajstić information content (AvgIpc) is 2.21. The van der Waals surface area contributed by atoms with Crippen molar-refractivity contribution >= 4 is 0 Å². The molecular formula is C12H26O2. The van der Waals surface area contributed by atoms with Crippen LogP contribution >= 0.6 is 0 Å². The Bertz CT molecular complexity index is 130. The van der Waals surface area contributed by atoms with Crippen LogP contribution in [0.1, 0.15) is 59.3 Å². The van der Waals surface area contributed by atoms with Crippen LogP contribution in [0.15, 0.2) is 0 Å². The Labute approximate surface area is 88.3 Å². The van der Waals surface area contributed by atoms with Gasteiger partial charge in [-0.1, -0.05) is 33.6 Å². The molecule has 0 spiro atoms. The molecule has 0 rings (SSSR count). The second kappa shape index (κ2) is 7.24. The van der Waals surface area contributed by atoms with Crippen LogP contribution in [0.4, 0.5) is 0 Å². The molecule has 0 aromatic rings. The zero-order valence-electron chi connectivity index (χ0n) is 9.92. The summed E-state index contributed by atoms with van der Waals surface area (Å²) in [5, 5.41) is 18.9. The molecule has 0 aliphatic carbocycles. The minimum Gasteiger partial charge on any atom is -0.396 e. The zero-order valence-corrected chi connectivity index (χ0v) is 9.92. The van der Waals surface area contributed by atoms with Crippen molar-refractivity contribution in [1.29, 1.82) is 0 Å². The standard InChI is InChI=1S/C12H26O2/c1-4-7-9-12(5-2,6-3)11(14)8-10-13/h11,13-14H,4-10H2,1-3H3. The van der Waals surface area contributed by atoms with Gasteiger partial charge in [0, 0.05) is 6.61 Å². The summed E-state index contributed by atoms with van der Waals surface area (Å²) in [4.78, 5) is 0. The molecular weight excluding hydrogens is 176 g/mol. The molecule has 0 bridgehead atoms. The maximum atomic E-state index is 10.0. The van der Waals surface area contributed by atoms with Crippen LogP contribution in [0.3, 0.4) is 0 Å². The van der Waals surface area contributed by atoms with Gasteiger partial charge in [-0.15, -0.1) is 0 Å². The van der Waals surface area contributed by atoms with E-state index in [1.807, 2.05) is 0 Å². The number of aliphatic hydroxyl groups excluding tert-OH is 2. The van der Waals surface area contributed by atoms with E-state index in [9.17, 15) is 5.11 Å². The highest BCUT2D eigenvalue weighted by Gasteiger charge is 2.33. The Morgan fingerprint density at radius 1 is 1.14 bits per heavy atom. The van der Waals surface area contributed by atoms with E-state index in [0.29, 0.717) is 6.42 Å². The highest BCUT2D eigenvalue weighted by Crippen LogP contribution is 2.37. The van der Waals surface area contributed by atoms with Crippen molar-refractivity contribution in [2.45, 2.75) is 65.4 Å². The smallest absolute Gasteiger partial charge is 0.0618 e. The first-order valence-electron chi connectivity index (χ1n) is 5.95. The largest absolute Gasteiger partial charge is 0.396 e. The van der Waals surface area contributed by atoms with Crippen LogP contribution in [-0.2, 0) is 0 Å². The Morgan fingerprint density at radius 2 is 1.71 bits per heavy atom. The van der Waals surface area contributed by atoms with Crippen LogP contribution in [0.2, 0.25) is 0 Å². The molecule has 86 valence electrons. The zero-order chi connectivity index (χ0) is 11.0. The van der Waals surface area contributed by atoms with Gasteiger partial charge >= 0.3 is 0 Å². The fourth-order valence-electron chi connectivity index (χ4n) is 2.20. The number of rotatable bonds is 8. The minimum absolute atomic E-state index is 0.0404. The SMILES string of the molecule is CCCCC(CC)(CC)C(O)CCO. The number of aliphatic hydroxyl groups is 2. The molecule has 1 unspecified atom stereocenters. The van der Waals surface area contributed by atoms with Gasteiger partial charge in [0.05, 0.1) is 6.10 Å². The van der Waals surface area contributed by atoms with Crippen molar-refractivity contribution in [2.75, 3.05) is 6.61 Å². The summed E-state index contributed by atoms with van der Waals surface area (Å²) in [7, 11) is 0. The molecule has 0 aromatic heterocycles. The van der Waals surface area contributed by atoms with E-state index >= 15 is 0 Å². The third-order valence-electron chi connectivity index (χ3n) is 3.55. The van der Waals surface area contributed by atoms with E-state index in [1.165, 1.54) is 12.8 Å². The Kier molecular flexibility index (Phi) is 7.20. The van der Waals surface area contributed by atoms with Crippen molar-refractivity contribution in [1.82, 2.24) is 0 Å². The van der Waals surface area contributed by atoms with Crippen molar-refractivity contribution in [3.8, 4) is 0 Å². The lowest BCUT2D eigenvalue weighted by Gasteiger charge is -2.36. The molecule has 0 saturated carbocycles. The van der Waals surface area contributed by atoms with Gasteiger partial charge in [-0.05, 0) is 31.1 Å². The minimum atomic E-state index is -0.339. The Hall–Kier alpha value is -0.0800. The number of hydrogen-bond acceptors (Lipinski definition) is 2. The normalized spacial score (nSPS) is 14.4. The van der Waals surface area contributed by atoms with Gasteiger partial charge < -0.3 is 10.2 Å². The van der Waals surface area contributed by atoms with Crippen LogP contribution in [0.5, 0.6) is 0 Å². The first-order valence-corrected chi connectivity index (χ1v) is 5.95. The molecule has 1 atom stereocenters. The summed E-state index contributed by atoms with van der Waals surface area (Å²) in [5.74, 6) is 0. The number of unbranched alkanes of at least 4 members (excludes halogenated alkanes) is 1. The lowest BCUT2D eigenvalue weighted by atomic mass is 9.72. The summed E-state index contributed by atoms with van der Waals surface area (Å²) in [5.41, 5.74) is 0.0404. The van der Waals surface area contributed by atoms with Gasteiger partial charge in [0.2, 0.25) is 0 Å². The topological polar surface area (TPSA) is 40.5 Å². The summed E-state index contributed by atoms with van der Waals surface area (Å²) in [6.45, 7) is 6.54. The molecule has 2 heteroatoms. The van der Waals surface area contributed by atoms with Gasteiger partial charge in [-0.2, -0.15) is 0 Å². The predicted molar refractivity (Wildman–Crippen MR) is 60.2 cm³/mol. The molecule has 0 radical (unpaired) electrons. The van der Waals surface area contributed by atoms with E-state index in [1.54, 1.807) is 0 Å². The molecule has 2 nitrogen and oxygen atoms in total. The summed E-state index contributed by atoms with van der Waals surface area (Å²) in [6.07, 6.45) is 5.62. The molecule has 0 saturated heterocycles. The molecule has 0 aliphatic rings. The van der Waals surface area contributed by atoms with E-state index in [4.69, 9.17) is 5.11 Å². The van der Waals surface area contributed by atoms with Crippen LogP contribution < -0.4 is 0 Å².